The minimum atomic E-state index is -0.746. The summed E-state index contributed by atoms with van der Waals surface area (Å²) >= 11 is 0. The van der Waals surface area contributed by atoms with Crippen molar-refractivity contribution in [3.05, 3.63) is 35.4 Å². The number of carbonyl (C=O) groups excluding carboxylic acids is 3. The number of aryl methyl sites for hydroxylation is 1. The van der Waals surface area contributed by atoms with E-state index in [0.29, 0.717) is 5.56 Å². The predicted octanol–water partition coefficient (Wildman–Crippen LogP) is 1.84. The summed E-state index contributed by atoms with van der Waals surface area (Å²) in [6.07, 6.45) is 4.99. The average Bonchev–Trinajstić information content (AvgIpc) is 2.60. The lowest BCUT2D eigenvalue weighted by Crippen LogP contribution is -2.52. The van der Waals surface area contributed by atoms with Gasteiger partial charge in [-0.15, -0.1) is 0 Å². The van der Waals surface area contributed by atoms with Gasteiger partial charge in [-0.1, -0.05) is 37.0 Å². The Morgan fingerprint density at radius 2 is 1.79 bits per heavy atom. The Morgan fingerprint density at radius 3 is 2.46 bits per heavy atom. The van der Waals surface area contributed by atoms with Gasteiger partial charge in [-0.3, -0.25) is 25.2 Å². The van der Waals surface area contributed by atoms with Gasteiger partial charge in [-0.25, -0.2) is 0 Å². The molecule has 0 aromatic heterocycles. The molecule has 0 heterocycles. The first-order valence-corrected chi connectivity index (χ1v) is 8.44. The second kappa shape index (κ2) is 8.47. The van der Waals surface area contributed by atoms with Crippen molar-refractivity contribution in [3.63, 3.8) is 0 Å². The van der Waals surface area contributed by atoms with Gasteiger partial charge >= 0.3 is 0 Å². The molecule has 1 aliphatic rings. The number of nitrogens with one attached hydrogen (secondary N) is 3. The van der Waals surface area contributed by atoms with Gasteiger partial charge in [0.05, 0.1) is 0 Å². The van der Waals surface area contributed by atoms with E-state index in [9.17, 15) is 14.4 Å². The van der Waals surface area contributed by atoms with Crippen molar-refractivity contribution in [1.29, 1.82) is 0 Å². The fourth-order valence-electron chi connectivity index (χ4n) is 2.83. The van der Waals surface area contributed by atoms with E-state index >= 15 is 0 Å². The zero-order valence-corrected chi connectivity index (χ0v) is 14.2. The maximum Gasteiger partial charge on any atom is 0.260 e. The summed E-state index contributed by atoms with van der Waals surface area (Å²) in [6, 6.07) is 6.39. The minimum Gasteiger partial charge on any atom is -0.340 e. The molecule has 3 N–H and O–H groups in total. The summed E-state index contributed by atoms with van der Waals surface area (Å²) in [6.45, 7) is 3.48. The van der Waals surface area contributed by atoms with Gasteiger partial charge in [0.2, 0.25) is 5.91 Å². The van der Waals surface area contributed by atoms with E-state index in [4.69, 9.17) is 0 Å². The molecule has 1 atom stereocenters. The van der Waals surface area contributed by atoms with Crippen LogP contribution in [0.4, 0.5) is 0 Å². The Hall–Kier alpha value is -2.37. The number of hydrogen-bond donors (Lipinski definition) is 3. The summed E-state index contributed by atoms with van der Waals surface area (Å²) < 4.78 is 0. The number of benzene rings is 1. The molecule has 1 fully saturated rings. The lowest BCUT2D eigenvalue weighted by molar-refractivity contribution is -0.132. The quantitative estimate of drug-likeness (QED) is 0.736. The van der Waals surface area contributed by atoms with Crippen molar-refractivity contribution in [3.8, 4) is 0 Å². The molecule has 1 aromatic carbocycles. The normalized spacial score (nSPS) is 16.1. The molecule has 6 heteroatoms. The van der Waals surface area contributed by atoms with E-state index in [2.05, 4.69) is 16.2 Å². The third-order valence-electron chi connectivity index (χ3n) is 4.31. The number of hydrazine groups is 1. The van der Waals surface area contributed by atoms with Crippen LogP contribution < -0.4 is 16.2 Å². The van der Waals surface area contributed by atoms with Crippen LogP contribution in [-0.4, -0.2) is 23.8 Å². The molecule has 1 aromatic rings. The van der Waals surface area contributed by atoms with Gasteiger partial charge in [0, 0.05) is 11.5 Å². The summed E-state index contributed by atoms with van der Waals surface area (Å²) in [5.74, 6) is -0.948. The van der Waals surface area contributed by atoms with E-state index in [0.717, 1.165) is 37.7 Å². The van der Waals surface area contributed by atoms with Crippen LogP contribution in [0.2, 0.25) is 0 Å². The molecular weight excluding hydrogens is 306 g/mol. The molecule has 24 heavy (non-hydrogen) atoms. The van der Waals surface area contributed by atoms with Gasteiger partial charge < -0.3 is 5.32 Å². The SMILES string of the molecule is Cc1cccc(C(=O)N[C@@H](C)C(=O)NNC(=O)C2CCCCC2)c1. The monoisotopic (exact) mass is 331 g/mol. The van der Waals surface area contributed by atoms with Gasteiger partial charge in [0.15, 0.2) is 0 Å². The van der Waals surface area contributed by atoms with Crippen molar-refractivity contribution in [2.24, 2.45) is 5.92 Å². The highest BCUT2D eigenvalue weighted by Gasteiger charge is 2.22. The molecule has 0 saturated heterocycles. The Morgan fingerprint density at radius 1 is 1.08 bits per heavy atom. The molecular formula is C18H25N3O3. The standard InChI is InChI=1S/C18H25N3O3/c1-12-7-6-10-15(11-12)17(23)19-13(2)16(22)20-21-18(24)14-8-4-3-5-9-14/h6-7,10-11,13-14H,3-5,8-9H2,1-2H3,(H,19,23)(H,20,22)(H,21,24)/t13-/m0/s1. The van der Waals surface area contributed by atoms with E-state index < -0.39 is 11.9 Å². The number of carbonyl (C=O) groups is 3. The lowest BCUT2D eigenvalue weighted by atomic mass is 9.89. The van der Waals surface area contributed by atoms with Gasteiger partial charge in [-0.05, 0) is 38.8 Å². The van der Waals surface area contributed by atoms with Crippen molar-refractivity contribution < 1.29 is 14.4 Å². The highest BCUT2D eigenvalue weighted by molar-refractivity contribution is 5.97. The zero-order valence-electron chi connectivity index (χ0n) is 14.2. The Balaban J connectivity index is 1.79. The number of amides is 3. The smallest absolute Gasteiger partial charge is 0.260 e. The highest BCUT2D eigenvalue weighted by atomic mass is 16.2. The molecule has 0 aliphatic heterocycles. The van der Waals surface area contributed by atoms with Gasteiger partial charge in [0.1, 0.15) is 6.04 Å². The topological polar surface area (TPSA) is 87.3 Å². The predicted molar refractivity (Wildman–Crippen MR) is 91.0 cm³/mol. The first-order chi connectivity index (χ1) is 11.5. The third kappa shape index (κ3) is 5.08. The molecule has 0 bridgehead atoms. The lowest BCUT2D eigenvalue weighted by Gasteiger charge is -2.21. The van der Waals surface area contributed by atoms with Crippen molar-refractivity contribution >= 4 is 17.7 Å². The van der Waals surface area contributed by atoms with Crippen LogP contribution >= 0.6 is 0 Å². The van der Waals surface area contributed by atoms with Gasteiger partial charge in [0.25, 0.3) is 11.8 Å². The fraction of sp³-hybridized carbons (Fsp3) is 0.500. The zero-order chi connectivity index (χ0) is 17.5. The third-order valence-corrected chi connectivity index (χ3v) is 4.31. The molecule has 1 aliphatic carbocycles. The summed E-state index contributed by atoms with van der Waals surface area (Å²) in [5, 5.41) is 2.62. The van der Waals surface area contributed by atoms with Crippen LogP contribution in [0.5, 0.6) is 0 Å². The van der Waals surface area contributed by atoms with Crippen LogP contribution in [-0.2, 0) is 9.59 Å². The van der Waals surface area contributed by atoms with Crippen molar-refractivity contribution in [1.82, 2.24) is 16.2 Å². The van der Waals surface area contributed by atoms with Crippen LogP contribution in [0.25, 0.3) is 0 Å². The Bertz CT molecular complexity index is 609. The van der Waals surface area contributed by atoms with Crippen molar-refractivity contribution in [2.75, 3.05) is 0 Å². The molecule has 2 rings (SSSR count). The minimum absolute atomic E-state index is 0.0313. The summed E-state index contributed by atoms with van der Waals surface area (Å²) in [4.78, 5) is 36.1. The second-order valence-electron chi connectivity index (χ2n) is 6.38. The Labute approximate surface area is 142 Å². The van der Waals surface area contributed by atoms with Crippen LogP contribution in [0, 0.1) is 12.8 Å². The maximum atomic E-state index is 12.1. The highest BCUT2D eigenvalue weighted by Crippen LogP contribution is 2.23. The first-order valence-electron chi connectivity index (χ1n) is 8.44. The van der Waals surface area contributed by atoms with E-state index in [1.807, 2.05) is 13.0 Å². The van der Waals surface area contributed by atoms with E-state index in [-0.39, 0.29) is 17.7 Å². The fourth-order valence-corrected chi connectivity index (χ4v) is 2.83. The number of hydrogen-bond acceptors (Lipinski definition) is 3. The molecule has 1 saturated carbocycles. The average molecular weight is 331 g/mol. The molecule has 130 valence electrons. The Kier molecular flexibility index (Phi) is 6.35. The maximum absolute atomic E-state index is 12.1. The number of rotatable bonds is 4. The molecule has 3 amide bonds. The van der Waals surface area contributed by atoms with Crippen LogP contribution in [0.3, 0.4) is 0 Å². The van der Waals surface area contributed by atoms with Crippen LogP contribution in [0.15, 0.2) is 24.3 Å². The summed E-state index contributed by atoms with van der Waals surface area (Å²) in [7, 11) is 0. The molecule has 0 radical (unpaired) electrons. The van der Waals surface area contributed by atoms with Crippen molar-refractivity contribution in [2.45, 2.75) is 52.0 Å². The van der Waals surface area contributed by atoms with Gasteiger partial charge in [-0.2, -0.15) is 0 Å². The second-order valence-corrected chi connectivity index (χ2v) is 6.38. The first kappa shape index (κ1) is 18.0. The molecule has 0 spiro atoms. The largest absolute Gasteiger partial charge is 0.340 e. The molecule has 0 unspecified atom stereocenters. The van der Waals surface area contributed by atoms with E-state index in [1.54, 1.807) is 25.1 Å². The van der Waals surface area contributed by atoms with Crippen LogP contribution in [0.1, 0.15) is 54.9 Å². The van der Waals surface area contributed by atoms with E-state index in [1.165, 1.54) is 0 Å². The summed E-state index contributed by atoms with van der Waals surface area (Å²) in [5.41, 5.74) is 6.33. The molecule has 6 nitrogen and oxygen atoms in total.